The fourth-order valence-corrected chi connectivity index (χ4v) is 3.08. The van der Waals surface area contributed by atoms with Crippen molar-refractivity contribution in [3.63, 3.8) is 0 Å². The van der Waals surface area contributed by atoms with Gasteiger partial charge in [0.15, 0.2) is 5.84 Å². The Balaban J connectivity index is 1.93. The van der Waals surface area contributed by atoms with Crippen LogP contribution >= 0.6 is 0 Å². The normalized spacial score (nSPS) is 25.1. The predicted molar refractivity (Wildman–Crippen MR) is 79.0 cm³/mol. The number of carbonyl (C=O) groups is 2. The summed E-state index contributed by atoms with van der Waals surface area (Å²) in [4.78, 5) is 35.3. The minimum atomic E-state index is -0.944. The van der Waals surface area contributed by atoms with Crippen molar-refractivity contribution in [1.82, 2.24) is 9.88 Å². The SMILES string of the molecule is CC(C)C1(C)C(=O)N=C2c3nc4c(cc3C(=O)N21)COC=C4. The standard InChI is InChI=1S/C16H15N3O3/c1-8(2)16(3)15(21)18-13-12-10(14(20)19(13)16)6-9-7-22-5-4-11(9)17-12/h4-6,8H,7H2,1-3H3. The van der Waals surface area contributed by atoms with E-state index in [4.69, 9.17) is 4.74 Å². The third-order valence-electron chi connectivity index (χ3n) is 4.78. The third-order valence-corrected chi connectivity index (χ3v) is 4.78. The molecule has 6 heteroatoms. The lowest BCUT2D eigenvalue weighted by Gasteiger charge is -2.34. The topological polar surface area (TPSA) is 71.9 Å². The summed E-state index contributed by atoms with van der Waals surface area (Å²) in [6, 6.07) is 1.80. The van der Waals surface area contributed by atoms with E-state index < -0.39 is 5.54 Å². The van der Waals surface area contributed by atoms with Gasteiger partial charge in [0, 0.05) is 5.56 Å². The number of aromatic nitrogens is 1. The summed E-state index contributed by atoms with van der Waals surface area (Å²) < 4.78 is 5.25. The van der Waals surface area contributed by atoms with Crippen molar-refractivity contribution in [3.8, 4) is 0 Å². The quantitative estimate of drug-likeness (QED) is 0.791. The van der Waals surface area contributed by atoms with E-state index in [1.165, 1.54) is 4.90 Å². The van der Waals surface area contributed by atoms with Crippen molar-refractivity contribution >= 4 is 23.7 Å². The van der Waals surface area contributed by atoms with Gasteiger partial charge in [-0.25, -0.2) is 4.98 Å². The van der Waals surface area contributed by atoms with Gasteiger partial charge in [-0.05, 0) is 25.0 Å². The van der Waals surface area contributed by atoms with Crippen LogP contribution in [0.15, 0.2) is 17.3 Å². The number of hydrogen-bond acceptors (Lipinski definition) is 4. The number of ether oxygens (including phenoxy) is 1. The molecular formula is C16H15N3O3. The van der Waals surface area contributed by atoms with Gasteiger partial charge in [0.25, 0.3) is 11.8 Å². The van der Waals surface area contributed by atoms with Crippen LogP contribution in [-0.4, -0.2) is 33.1 Å². The fraction of sp³-hybridized carbons (Fsp3) is 0.375. The second-order valence-electron chi connectivity index (χ2n) is 6.23. The summed E-state index contributed by atoms with van der Waals surface area (Å²) in [6.07, 6.45) is 3.33. The summed E-state index contributed by atoms with van der Waals surface area (Å²) in [7, 11) is 0. The number of amidine groups is 1. The molecular weight excluding hydrogens is 282 g/mol. The molecule has 0 saturated heterocycles. The maximum absolute atomic E-state index is 12.8. The number of carbonyl (C=O) groups excluding carboxylic acids is 2. The van der Waals surface area contributed by atoms with Gasteiger partial charge < -0.3 is 4.74 Å². The zero-order valence-electron chi connectivity index (χ0n) is 12.6. The molecule has 4 heterocycles. The van der Waals surface area contributed by atoms with Gasteiger partial charge in [-0.3, -0.25) is 14.5 Å². The highest BCUT2D eigenvalue weighted by Gasteiger charge is 2.56. The Kier molecular flexibility index (Phi) is 2.41. The number of nitrogens with zero attached hydrogens (tertiary/aromatic N) is 3. The highest BCUT2D eigenvalue weighted by atomic mass is 16.5. The predicted octanol–water partition coefficient (Wildman–Crippen LogP) is 1.74. The van der Waals surface area contributed by atoms with Crippen molar-refractivity contribution in [2.45, 2.75) is 32.9 Å². The average Bonchev–Trinajstić information content (AvgIpc) is 2.92. The molecule has 0 radical (unpaired) electrons. The molecule has 0 fully saturated rings. The van der Waals surface area contributed by atoms with Gasteiger partial charge >= 0.3 is 0 Å². The summed E-state index contributed by atoms with van der Waals surface area (Å²) in [5.41, 5.74) is 1.67. The van der Waals surface area contributed by atoms with Crippen LogP contribution in [0.25, 0.3) is 6.08 Å². The molecule has 6 nitrogen and oxygen atoms in total. The molecule has 4 rings (SSSR count). The number of hydrogen-bond donors (Lipinski definition) is 0. The second kappa shape index (κ2) is 4.03. The molecule has 3 aliphatic heterocycles. The molecule has 3 aliphatic rings. The van der Waals surface area contributed by atoms with Crippen LogP contribution in [0, 0.1) is 5.92 Å². The van der Waals surface area contributed by atoms with Crippen LogP contribution in [0.1, 0.15) is 48.1 Å². The van der Waals surface area contributed by atoms with Crippen molar-refractivity contribution in [1.29, 1.82) is 0 Å². The summed E-state index contributed by atoms with van der Waals surface area (Å²) in [6.45, 7) is 6.00. The lowest BCUT2D eigenvalue weighted by atomic mass is 9.87. The Morgan fingerprint density at radius 2 is 2.14 bits per heavy atom. The minimum Gasteiger partial charge on any atom is -0.496 e. The Morgan fingerprint density at radius 1 is 1.36 bits per heavy atom. The summed E-state index contributed by atoms with van der Waals surface area (Å²) in [5, 5.41) is 0. The van der Waals surface area contributed by atoms with Gasteiger partial charge in [-0.1, -0.05) is 13.8 Å². The highest BCUT2D eigenvalue weighted by molar-refractivity contribution is 6.29. The highest BCUT2D eigenvalue weighted by Crippen LogP contribution is 2.39. The largest absolute Gasteiger partial charge is 0.496 e. The van der Waals surface area contributed by atoms with Crippen LogP contribution in [0.5, 0.6) is 0 Å². The van der Waals surface area contributed by atoms with E-state index in [1.807, 2.05) is 13.8 Å². The van der Waals surface area contributed by atoms with Crippen LogP contribution in [0.2, 0.25) is 0 Å². The lowest BCUT2D eigenvalue weighted by molar-refractivity contribution is -0.126. The maximum atomic E-state index is 12.8. The smallest absolute Gasteiger partial charge is 0.274 e. The molecule has 0 bridgehead atoms. The Bertz CT molecular complexity index is 794. The first-order valence-corrected chi connectivity index (χ1v) is 7.24. The number of aliphatic imine (C=N–C) groups is 1. The van der Waals surface area contributed by atoms with Crippen LogP contribution < -0.4 is 0 Å². The molecule has 2 amide bonds. The van der Waals surface area contributed by atoms with E-state index in [9.17, 15) is 9.59 Å². The van der Waals surface area contributed by atoms with E-state index in [1.54, 1.807) is 25.3 Å². The number of fused-ring (bicyclic) bond motifs is 4. The first-order valence-electron chi connectivity index (χ1n) is 7.24. The molecule has 1 aromatic heterocycles. The van der Waals surface area contributed by atoms with Crippen molar-refractivity contribution in [2.24, 2.45) is 10.9 Å². The minimum absolute atomic E-state index is 0.0441. The first-order chi connectivity index (χ1) is 10.4. The molecule has 22 heavy (non-hydrogen) atoms. The third kappa shape index (κ3) is 1.39. The molecule has 112 valence electrons. The molecule has 0 aromatic carbocycles. The monoisotopic (exact) mass is 297 g/mol. The molecule has 0 spiro atoms. The summed E-state index contributed by atoms with van der Waals surface area (Å²) in [5.74, 6) is -0.156. The maximum Gasteiger partial charge on any atom is 0.274 e. The van der Waals surface area contributed by atoms with E-state index >= 15 is 0 Å². The van der Waals surface area contributed by atoms with Crippen LogP contribution in [-0.2, 0) is 16.1 Å². The van der Waals surface area contributed by atoms with Gasteiger partial charge in [-0.15, -0.1) is 0 Å². The number of amides is 2. The molecule has 0 saturated carbocycles. The van der Waals surface area contributed by atoms with Crippen molar-refractivity contribution in [3.05, 3.63) is 34.8 Å². The fourth-order valence-electron chi connectivity index (χ4n) is 3.08. The van der Waals surface area contributed by atoms with Crippen molar-refractivity contribution in [2.75, 3.05) is 0 Å². The zero-order chi connectivity index (χ0) is 15.6. The Labute approximate surface area is 127 Å². The Morgan fingerprint density at radius 3 is 2.86 bits per heavy atom. The van der Waals surface area contributed by atoms with Crippen molar-refractivity contribution < 1.29 is 14.3 Å². The van der Waals surface area contributed by atoms with Gasteiger partial charge in [0.05, 0.1) is 17.5 Å². The summed E-state index contributed by atoms with van der Waals surface area (Å²) >= 11 is 0. The first kappa shape index (κ1) is 13.2. The molecule has 1 atom stereocenters. The average molecular weight is 297 g/mol. The molecule has 1 unspecified atom stereocenters. The van der Waals surface area contributed by atoms with Gasteiger partial charge in [-0.2, -0.15) is 4.99 Å². The van der Waals surface area contributed by atoms with Gasteiger partial charge in [0.1, 0.15) is 17.8 Å². The van der Waals surface area contributed by atoms with E-state index in [2.05, 4.69) is 9.98 Å². The van der Waals surface area contributed by atoms with E-state index in [0.717, 1.165) is 11.3 Å². The zero-order valence-corrected chi connectivity index (χ0v) is 12.6. The van der Waals surface area contributed by atoms with E-state index in [0.29, 0.717) is 23.7 Å². The number of rotatable bonds is 1. The van der Waals surface area contributed by atoms with E-state index in [-0.39, 0.29) is 17.7 Å². The number of pyridine rings is 1. The van der Waals surface area contributed by atoms with Crippen LogP contribution in [0.4, 0.5) is 0 Å². The lowest BCUT2D eigenvalue weighted by Crippen LogP contribution is -2.53. The van der Waals surface area contributed by atoms with Gasteiger partial charge in [0.2, 0.25) is 0 Å². The van der Waals surface area contributed by atoms with Crippen LogP contribution in [0.3, 0.4) is 0 Å². The Hall–Kier alpha value is -2.50. The molecule has 1 aromatic rings. The molecule has 0 N–H and O–H groups in total. The molecule has 0 aliphatic carbocycles. The second-order valence-corrected chi connectivity index (χ2v) is 6.23.